The number of phenolic OH excluding ortho intramolecular Hbond substituents is 1. The Kier molecular flexibility index (Phi) is 6.40. The first-order chi connectivity index (χ1) is 19.1. The van der Waals surface area contributed by atoms with E-state index >= 15 is 4.39 Å². The number of hydrogen-bond acceptors (Lipinski definition) is 8. The standard InChI is InChI=1S/C30H33FN6O2/c31-26-27(24-15-22(38)14-19-6-1-2-7-23(19)24)32-16-25-28(26)34-30(36-10-3-4-12-39-13-5-11-36)35-29(25)37-17-20-8-9-21(18-37)33-20/h1-2,6-7,14-16,20-21,33,38H,3-5,8-13,17-18H2. The number of benzene rings is 2. The average molecular weight is 529 g/mol. The lowest BCUT2D eigenvalue weighted by atomic mass is 10.00. The molecular formula is C30H33FN6O2. The number of halogens is 1. The van der Waals surface area contributed by atoms with Gasteiger partial charge in [-0.05, 0) is 55.0 Å². The van der Waals surface area contributed by atoms with Crippen LogP contribution in [0, 0.1) is 5.82 Å². The molecule has 2 atom stereocenters. The molecule has 5 heterocycles. The van der Waals surface area contributed by atoms with Crippen molar-refractivity contribution in [2.75, 3.05) is 49.2 Å². The summed E-state index contributed by atoms with van der Waals surface area (Å²) >= 11 is 0. The molecule has 2 aromatic heterocycles. The highest BCUT2D eigenvalue weighted by Gasteiger charge is 2.34. The van der Waals surface area contributed by atoms with Crippen molar-refractivity contribution in [1.82, 2.24) is 20.3 Å². The number of anilines is 2. The number of aromatic nitrogens is 3. The van der Waals surface area contributed by atoms with Crippen LogP contribution in [0.3, 0.4) is 0 Å². The Morgan fingerprint density at radius 1 is 0.923 bits per heavy atom. The predicted molar refractivity (Wildman–Crippen MR) is 151 cm³/mol. The molecule has 8 nitrogen and oxygen atoms in total. The van der Waals surface area contributed by atoms with Crippen LogP contribution in [0.1, 0.15) is 32.1 Å². The van der Waals surface area contributed by atoms with Crippen LogP contribution in [-0.4, -0.2) is 71.5 Å². The molecule has 3 fully saturated rings. The fraction of sp³-hybridized carbons (Fsp3) is 0.433. The third-order valence-corrected chi connectivity index (χ3v) is 8.24. The first-order valence-electron chi connectivity index (χ1n) is 14.1. The van der Waals surface area contributed by atoms with Crippen molar-refractivity contribution >= 4 is 33.4 Å². The number of aromatic hydroxyl groups is 1. The van der Waals surface area contributed by atoms with Gasteiger partial charge in [0, 0.05) is 63.2 Å². The number of rotatable bonds is 3. The minimum atomic E-state index is -0.487. The molecule has 9 heteroatoms. The van der Waals surface area contributed by atoms with Crippen LogP contribution < -0.4 is 15.1 Å². The van der Waals surface area contributed by atoms with Crippen molar-refractivity contribution in [1.29, 1.82) is 0 Å². The predicted octanol–water partition coefficient (Wildman–Crippen LogP) is 4.64. The molecule has 202 valence electrons. The van der Waals surface area contributed by atoms with E-state index in [9.17, 15) is 5.11 Å². The molecule has 7 rings (SSSR count). The topological polar surface area (TPSA) is 86.6 Å². The molecule has 39 heavy (non-hydrogen) atoms. The summed E-state index contributed by atoms with van der Waals surface area (Å²) < 4.78 is 22.3. The lowest BCUT2D eigenvalue weighted by Gasteiger charge is -2.35. The minimum Gasteiger partial charge on any atom is -0.508 e. The van der Waals surface area contributed by atoms with Crippen LogP contribution in [0.4, 0.5) is 16.2 Å². The first kappa shape index (κ1) is 24.5. The van der Waals surface area contributed by atoms with Gasteiger partial charge in [0.15, 0.2) is 5.82 Å². The monoisotopic (exact) mass is 528 g/mol. The van der Waals surface area contributed by atoms with Crippen LogP contribution in [0.2, 0.25) is 0 Å². The number of fused-ring (bicyclic) bond motifs is 4. The zero-order valence-corrected chi connectivity index (χ0v) is 21.9. The van der Waals surface area contributed by atoms with E-state index in [1.807, 2.05) is 24.3 Å². The van der Waals surface area contributed by atoms with Gasteiger partial charge >= 0.3 is 0 Å². The summed E-state index contributed by atoms with van der Waals surface area (Å²) in [6.07, 6.45) is 6.81. The van der Waals surface area contributed by atoms with Crippen LogP contribution in [0.25, 0.3) is 32.9 Å². The summed E-state index contributed by atoms with van der Waals surface area (Å²) in [4.78, 5) is 19.0. The maximum Gasteiger partial charge on any atom is 0.228 e. The largest absolute Gasteiger partial charge is 0.508 e. The lowest BCUT2D eigenvalue weighted by molar-refractivity contribution is 0.133. The van der Waals surface area contributed by atoms with E-state index in [1.165, 1.54) is 0 Å². The summed E-state index contributed by atoms with van der Waals surface area (Å²) in [7, 11) is 0. The summed E-state index contributed by atoms with van der Waals surface area (Å²) in [6.45, 7) is 4.69. The van der Waals surface area contributed by atoms with Gasteiger partial charge in [0.25, 0.3) is 0 Å². The smallest absolute Gasteiger partial charge is 0.228 e. The third kappa shape index (κ3) is 4.63. The number of piperazine rings is 1. The number of nitrogens with one attached hydrogen (secondary N) is 1. The van der Waals surface area contributed by atoms with E-state index in [4.69, 9.17) is 14.7 Å². The Hall–Kier alpha value is -3.56. The molecule has 0 radical (unpaired) electrons. The Morgan fingerprint density at radius 3 is 2.59 bits per heavy atom. The van der Waals surface area contributed by atoms with E-state index in [2.05, 4.69) is 20.1 Å². The Morgan fingerprint density at radius 2 is 1.72 bits per heavy atom. The Labute approximate surface area is 226 Å². The molecule has 2 N–H and O–H groups in total. The van der Waals surface area contributed by atoms with Gasteiger partial charge in [-0.2, -0.15) is 4.98 Å². The second-order valence-corrected chi connectivity index (χ2v) is 10.9. The molecule has 0 aliphatic carbocycles. The molecule has 4 aromatic rings. The highest BCUT2D eigenvalue weighted by atomic mass is 19.1. The van der Waals surface area contributed by atoms with Gasteiger partial charge in [-0.3, -0.25) is 4.98 Å². The zero-order valence-electron chi connectivity index (χ0n) is 21.9. The van der Waals surface area contributed by atoms with Gasteiger partial charge in [0.2, 0.25) is 5.95 Å². The second-order valence-electron chi connectivity index (χ2n) is 10.9. The molecule has 0 saturated carbocycles. The Balaban J connectivity index is 1.40. The van der Waals surface area contributed by atoms with Crippen LogP contribution in [0.5, 0.6) is 5.75 Å². The zero-order chi connectivity index (χ0) is 26.3. The van der Waals surface area contributed by atoms with Gasteiger partial charge in [-0.15, -0.1) is 0 Å². The number of nitrogens with zero attached hydrogens (tertiary/aromatic N) is 5. The van der Waals surface area contributed by atoms with Crippen LogP contribution >= 0.6 is 0 Å². The summed E-state index contributed by atoms with van der Waals surface area (Å²) in [5, 5.41) is 16.4. The van der Waals surface area contributed by atoms with E-state index in [-0.39, 0.29) is 17.0 Å². The molecule has 3 aliphatic rings. The van der Waals surface area contributed by atoms with Crippen molar-refractivity contribution in [3.63, 3.8) is 0 Å². The third-order valence-electron chi connectivity index (χ3n) is 8.24. The van der Waals surface area contributed by atoms with Gasteiger partial charge in [-0.25, -0.2) is 9.37 Å². The molecule has 3 saturated heterocycles. The molecular weight excluding hydrogens is 495 g/mol. The fourth-order valence-electron chi connectivity index (χ4n) is 6.34. The van der Waals surface area contributed by atoms with Gasteiger partial charge in [0.05, 0.1) is 5.39 Å². The van der Waals surface area contributed by atoms with Gasteiger partial charge in [-0.1, -0.05) is 24.3 Å². The molecule has 0 amide bonds. The molecule has 2 unspecified atom stereocenters. The number of phenols is 1. The first-order valence-corrected chi connectivity index (χ1v) is 14.1. The number of ether oxygens (including phenoxy) is 1. The highest BCUT2D eigenvalue weighted by Crippen LogP contribution is 2.37. The van der Waals surface area contributed by atoms with Crippen LogP contribution in [-0.2, 0) is 4.74 Å². The van der Waals surface area contributed by atoms with E-state index in [0.29, 0.717) is 35.6 Å². The maximum atomic E-state index is 16.6. The van der Waals surface area contributed by atoms with Crippen molar-refractivity contribution in [2.24, 2.45) is 0 Å². The normalized spacial score (nSPS) is 22.2. The summed E-state index contributed by atoms with van der Waals surface area (Å²) in [5.74, 6) is 0.897. The minimum absolute atomic E-state index is 0.0734. The van der Waals surface area contributed by atoms with Crippen molar-refractivity contribution in [3.05, 3.63) is 48.4 Å². The molecule has 0 spiro atoms. The van der Waals surface area contributed by atoms with Crippen molar-refractivity contribution < 1.29 is 14.2 Å². The maximum absolute atomic E-state index is 16.6. The van der Waals surface area contributed by atoms with Crippen LogP contribution in [0.15, 0.2) is 42.6 Å². The number of hydrogen-bond donors (Lipinski definition) is 2. The lowest BCUT2D eigenvalue weighted by Crippen LogP contribution is -2.51. The summed E-state index contributed by atoms with van der Waals surface area (Å²) in [5.41, 5.74) is 1.00. The average Bonchev–Trinajstić information content (AvgIpc) is 3.36. The highest BCUT2D eigenvalue weighted by molar-refractivity contribution is 6.00. The number of pyridine rings is 1. The Bertz CT molecular complexity index is 1510. The molecule has 2 bridgehead atoms. The quantitative estimate of drug-likeness (QED) is 0.398. The van der Waals surface area contributed by atoms with E-state index < -0.39 is 5.82 Å². The van der Waals surface area contributed by atoms with E-state index in [1.54, 1.807) is 18.3 Å². The van der Waals surface area contributed by atoms with E-state index in [0.717, 1.165) is 81.5 Å². The van der Waals surface area contributed by atoms with Crippen molar-refractivity contribution in [2.45, 2.75) is 44.2 Å². The van der Waals surface area contributed by atoms with Gasteiger partial charge in [0.1, 0.15) is 22.8 Å². The van der Waals surface area contributed by atoms with Crippen molar-refractivity contribution in [3.8, 4) is 17.0 Å². The van der Waals surface area contributed by atoms with Gasteiger partial charge < -0.3 is 25.0 Å². The second kappa shape index (κ2) is 10.2. The SMILES string of the molecule is Oc1cc(-c2ncc3c(N4CC5CCC(C4)N5)nc(N4CCCCOCCC4)nc3c2F)c2ccccc2c1. The fourth-order valence-corrected chi connectivity index (χ4v) is 6.34. The summed E-state index contributed by atoms with van der Waals surface area (Å²) in [6, 6.07) is 11.7. The molecule has 3 aliphatic heterocycles. The molecule has 2 aromatic carbocycles.